The van der Waals surface area contributed by atoms with Crippen LogP contribution in [0, 0.1) is 0 Å². The average Bonchev–Trinajstić information content (AvgIpc) is 3.99. The number of nitrogens with zero attached hydrogens (tertiary/aromatic N) is 3. The number of anilines is 3. The zero-order valence-corrected chi connectivity index (χ0v) is 48.1. The van der Waals surface area contributed by atoms with Crippen LogP contribution >= 0.6 is 0 Å². The van der Waals surface area contributed by atoms with Crippen LogP contribution in [0.2, 0.25) is 0 Å². The summed E-state index contributed by atoms with van der Waals surface area (Å²) in [5.41, 5.74) is 23.3. The first-order valence-corrected chi connectivity index (χ1v) is 27.9. The largest absolute Gasteiger partial charge is 0.453 e. The number of hydrogen-bond donors (Lipinski definition) is 0. The van der Waals surface area contributed by atoms with Gasteiger partial charge in [0.15, 0.2) is 11.5 Å². The summed E-state index contributed by atoms with van der Waals surface area (Å²) in [6.45, 7) is 39.5. The Bertz CT molecular complexity index is 4110. The van der Waals surface area contributed by atoms with Crippen molar-refractivity contribution in [3.63, 3.8) is 0 Å². The Morgan fingerprint density at radius 3 is 1.47 bits per heavy atom. The van der Waals surface area contributed by atoms with E-state index in [9.17, 15) is 0 Å². The van der Waals surface area contributed by atoms with Crippen LogP contribution in [0.4, 0.5) is 17.1 Å². The van der Waals surface area contributed by atoms with Gasteiger partial charge in [-0.25, -0.2) is 0 Å². The topological polar surface area (TPSA) is 22.3 Å². The maximum absolute atomic E-state index is 7.64. The molecule has 0 atom stereocenters. The second-order valence-electron chi connectivity index (χ2n) is 28.4. The molecule has 0 amide bonds. The number of ether oxygens (including phenoxy) is 1. The van der Waals surface area contributed by atoms with Crippen molar-refractivity contribution < 1.29 is 4.74 Å². The third-order valence-electron chi connectivity index (χ3n) is 17.7. The molecule has 0 bridgehead atoms. The number of benzene rings is 8. The average molecular weight is 996 g/mol. The van der Waals surface area contributed by atoms with Crippen molar-refractivity contribution >= 4 is 83.8 Å². The van der Waals surface area contributed by atoms with E-state index in [1.54, 1.807) is 0 Å². The van der Waals surface area contributed by atoms with Crippen LogP contribution in [0.3, 0.4) is 0 Å². The van der Waals surface area contributed by atoms with Gasteiger partial charge in [-0.2, -0.15) is 0 Å². The fraction of sp³-hybridized carbons (Fsp3) is 0.324. The molecule has 0 saturated carbocycles. The van der Waals surface area contributed by atoms with Crippen LogP contribution in [0.25, 0.3) is 55.0 Å². The van der Waals surface area contributed by atoms with Crippen molar-refractivity contribution in [3.8, 4) is 22.9 Å². The third kappa shape index (κ3) is 7.02. The molecule has 0 saturated heterocycles. The Morgan fingerprint density at radius 2 is 0.895 bits per heavy atom. The zero-order valence-electron chi connectivity index (χ0n) is 48.1. The Hall–Kier alpha value is -6.98. The molecule has 0 aliphatic carbocycles. The van der Waals surface area contributed by atoms with Gasteiger partial charge in [-0.05, 0) is 144 Å². The molecular weight excluding hydrogens is 922 g/mol. The van der Waals surface area contributed by atoms with Crippen molar-refractivity contribution in [2.45, 2.75) is 150 Å². The summed E-state index contributed by atoms with van der Waals surface area (Å²) >= 11 is 0. The maximum atomic E-state index is 7.64. The van der Waals surface area contributed by atoms with Crippen LogP contribution < -0.4 is 26.0 Å². The van der Waals surface area contributed by atoms with Gasteiger partial charge < -0.3 is 18.8 Å². The van der Waals surface area contributed by atoms with Gasteiger partial charge in [0, 0.05) is 55.3 Å². The Kier molecular flexibility index (Phi) is 9.98. The quantitative estimate of drug-likeness (QED) is 0.161. The van der Waals surface area contributed by atoms with E-state index in [-0.39, 0.29) is 33.8 Å². The molecule has 2 aromatic heterocycles. The Morgan fingerprint density at radius 1 is 0.408 bits per heavy atom. The lowest BCUT2D eigenvalue weighted by Gasteiger charge is -2.46. The molecule has 8 aromatic carbocycles. The number of fused-ring (bicyclic) bond motifs is 13. The standard InChI is InChI=1S/C71H74BN3O/c1-66(2,3)41-21-28-46(29-22-41)73-55-32-25-43(68(7,8)9)35-48(55)50-38-53-60(40-59(50)73)74(47-30-23-42(24-31-47)67(4,5)6)58-20-18-19-52-63(58)72(53)54-39-51-49-36-44(69(10,11)12)26-33-56(49)75-57-34-27-45(70(13,14)15)37-61(57)76-65(64(51)75)62(54)71(52,16)17/h18-40H,1-17H3. The highest BCUT2D eigenvalue weighted by atomic mass is 16.5. The molecule has 5 heterocycles. The highest BCUT2D eigenvalue weighted by Gasteiger charge is 2.49. The van der Waals surface area contributed by atoms with Crippen molar-refractivity contribution in [3.05, 3.63) is 178 Å². The molecule has 10 aromatic rings. The lowest BCUT2D eigenvalue weighted by Crippen LogP contribution is -2.64. The van der Waals surface area contributed by atoms with E-state index in [0.717, 1.165) is 28.4 Å². The smallest absolute Gasteiger partial charge is 0.247 e. The monoisotopic (exact) mass is 996 g/mol. The maximum Gasteiger partial charge on any atom is 0.247 e. The van der Waals surface area contributed by atoms with Crippen LogP contribution in [0.1, 0.15) is 157 Å². The lowest BCUT2D eigenvalue weighted by molar-refractivity contribution is 0.455. The summed E-state index contributed by atoms with van der Waals surface area (Å²) in [6.07, 6.45) is 0. The minimum Gasteiger partial charge on any atom is -0.453 e. The molecular formula is C71H74BN3O. The van der Waals surface area contributed by atoms with E-state index in [1.807, 2.05) is 0 Å². The van der Waals surface area contributed by atoms with Gasteiger partial charge in [-0.1, -0.05) is 190 Å². The number of rotatable bonds is 2. The van der Waals surface area contributed by atoms with Gasteiger partial charge in [0.05, 0.1) is 27.8 Å². The third-order valence-corrected chi connectivity index (χ3v) is 17.7. The molecule has 0 fully saturated rings. The van der Waals surface area contributed by atoms with Crippen molar-refractivity contribution in [1.82, 2.24) is 9.13 Å². The molecule has 13 rings (SSSR count). The van der Waals surface area contributed by atoms with Crippen molar-refractivity contribution in [1.29, 1.82) is 0 Å². The van der Waals surface area contributed by atoms with Crippen molar-refractivity contribution in [2.75, 3.05) is 4.90 Å². The van der Waals surface area contributed by atoms with E-state index < -0.39 is 5.41 Å². The van der Waals surface area contributed by atoms with Crippen molar-refractivity contribution in [2.24, 2.45) is 0 Å². The molecule has 4 nitrogen and oxygen atoms in total. The van der Waals surface area contributed by atoms with Crippen LogP contribution in [-0.4, -0.2) is 15.8 Å². The van der Waals surface area contributed by atoms with Gasteiger partial charge >= 0.3 is 0 Å². The fourth-order valence-electron chi connectivity index (χ4n) is 13.3. The molecule has 0 radical (unpaired) electrons. The first-order chi connectivity index (χ1) is 35.6. The van der Waals surface area contributed by atoms with Crippen LogP contribution in [0.5, 0.6) is 11.5 Å². The first-order valence-electron chi connectivity index (χ1n) is 27.9. The molecule has 0 spiro atoms. The van der Waals surface area contributed by atoms with Gasteiger partial charge in [-0.15, -0.1) is 0 Å². The van der Waals surface area contributed by atoms with Gasteiger partial charge in [0.1, 0.15) is 0 Å². The summed E-state index contributed by atoms with van der Waals surface area (Å²) < 4.78 is 12.7. The minimum atomic E-state index is -0.433. The Balaban J connectivity index is 1.17. The minimum absolute atomic E-state index is 0.0178. The predicted octanol–water partition coefficient (Wildman–Crippen LogP) is 17.4. The lowest BCUT2D eigenvalue weighted by atomic mass is 9.30. The second-order valence-corrected chi connectivity index (χ2v) is 28.4. The molecule has 382 valence electrons. The second kappa shape index (κ2) is 15.6. The van der Waals surface area contributed by atoms with Gasteiger partial charge in [0.25, 0.3) is 0 Å². The summed E-state index contributed by atoms with van der Waals surface area (Å²) in [5, 5.41) is 5.05. The summed E-state index contributed by atoms with van der Waals surface area (Å²) in [7, 11) is 0. The summed E-state index contributed by atoms with van der Waals surface area (Å²) in [5.74, 6) is 1.89. The fourth-order valence-corrected chi connectivity index (χ4v) is 13.3. The molecule has 0 N–H and O–H groups in total. The molecule has 3 aliphatic rings. The van der Waals surface area contributed by atoms with Crippen LogP contribution in [-0.2, 0) is 32.5 Å². The van der Waals surface area contributed by atoms with Gasteiger partial charge in [0.2, 0.25) is 6.71 Å². The number of aromatic nitrogens is 2. The zero-order chi connectivity index (χ0) is 53.7. The predicted molar refractivity (Wildman–Crippen MR) is 327 cm³/mol. The summed E-state index contributed by atoms with van der Waals surface area (Å²) in [6, 6.07) is 54.9. The molecule has 5 heteroatoms. The normalized spacial score (nSPS) is 15.1. The summed E-state index contributed by atoms with van der Waals surface area (Å²) in [4.78, 5) is 2.59. The highest BCUT2D eigenvalue weighted by Crippen LogP contribution is 2.54. The van der Waals surface area contributed by atoms with Crippen LogP contribution in [0.15, 0.2) is 140 Å². The van der Waals surface area contributed by atoms with E-state index in [4.69, 9.17) is 4.74 Å². The van der Waals surface area contributed by atoms with Gasteiger partial charge in [-0.3, -0.25) is 0 Å². The molecule has 0 unspecified atom stereocenters. The molecule has 76 heavy (non-hydrogen) atoms. The van der Waals surface area contributed by atoms with E-state index in [1.165, 1.54) is 110 Å². The highest BCUT2D eigenvalue weighted by molar-refractivity contribution is 6.99. The Labute approximate surface area is 451 Å². The van der Waals surface area contributed by atoms with E-state index >= 15 is 0 Å². The first kappa shape index (κ1) is 48.7. The number of hydrogen-bond acceptors (Lipinski definition) is 2. The SMILES string of the molecule is CC(C)(C)c1ccc(N2c3cc4c(cc3B3c5cc6c7cc(C(C)(C)C)ccc7n7c6c(c5C(C)(C)c5cccc2c53)Oc2cc(C(C)(C)C)ccc2-7)c2cc(C(C)(C)C)ccc2n4-c2ccc(C(C)(C)C)cc2)cc1. The van der Waals surface area contributed by atoms with E-state index in [2.05, 4.69) is 271 Å². The van der Waals surface area contributed by atoms with E-state index in [0.29, 0.717) is 0 Å². The molecule has 3 aliphatic heterocycles.